The van der Waals surface area contributed by atoms with Gasteiger partial charge >= 0.3 is 6.18 Å². The first kappa shape index (κ1) is 18.0. The van der Waals surface area contributed by atoms with Crippen LogP contribution >= 0.6 is 11.8 Å². The zero-order valence-electron chi connectivity index (χ0n) is 13.2. The number of hydrogen-bond donors (Lipinski definition) is 1. The van der Waals surface area contributed by atoms with Gasteiger partial charge < -0.3 is 4.42 Å². The molecule has 9 heteroatoms. The van der Waals surface area contributed by atoms with Crippen LogP contribution in [0.25, 0.3) is 11.1 Å². The topological polar surface area (TPSA) is 67.5 Å². The van der Waals surface area contributed by atoms with Crippen molar-refractivity contribution in [1.82, 2.24) is 10.4 Å². The maximum absolute atomic E-state index is 12.5. The summed E-state index contributed by atoms with van der Waals surface area (Å²) in [5.41, 5.74) is 3.33. The average Bonchev–Trinajstić information content (AvgIpc) is 3.03. The van der Waals surface area contributed by atoms with E-state index < -0.39 is 11.7 Å². The minimum atomic E-state index is -4.38. The lowest BCUT2D eigenvalue weighted by molar-refractivity contribution is -0.137. The van der Waals surface area contributed by atoms with Crippen LogP contribution in [0.4, 0.5) is 13.2 Å². The molecule has 0 saturated carbocycles. The summed E-state index contributed by atoms with van der Waals surface area (Å²) < 4.78 is 42.9. The van der Waals surface area contributed by atoms with E-state index in [-0.39, 0.29) is 11.7 Å². The minimum Gasteiger partial charge on any atom is -0.431 e. The third-order valence-corrected chi connectivity index (χ3v) is 4.07. The van der Waals surface area contributed by atoms with E-state index in [0.717, 1.165) is 23.9 Å². The Labute approximate surface area is 150 Å². The first-order chi connectivity index (χ1) is 12.4. The normalized spacial score (nSPS) is 12.0. The Balaban J connectivity index is 1.49. The quantitative estimate of drug-likeness (QED) is 0.412. The van der Waals surface area contributed by atoms with Gasteiger partial charge in [0.15, 0.2) is 5.58 Å². The number of hydrogen-bond acceptors (Lipinski definition) is 5. The Morgan fingerprint density at radius 3 is 2.62 bits per heavy atom. The lowest BCUT2D eigenvalue weighted by Gasteiger charge is -2.05. The fraction of sp³-hybridized carbons (Fsp3) is 0.118. The van der Waals surface area contributed by atoms with Crippen LogP contribution in [-0.4, -0.2) is 22.9 Å². The molecule has 0 fully saturated rings. The summed E-state index contributed by atoms with van der Waals surface area (Å²) in [6, 6.07) is 11.7. The Bertz CT molecular complexity index is 903. The van der Waals surface area contributed by atoms with Crippen molar-refractivity contribution in [2.45, 2.75) is 11.4 Å². The molecule has 1 aromatic heterocycles. The molecule has 1 N–H and O–H groups in total. The summed E-state index contributed by atoms with van der Waals surface area (Å²) in [7, 11) is 0. The number of aromatic nitrogens is 1. The molecule has 1 amide bonds. The number of oxazole rings is 1. The van der Waals surface area contributed by atoms with E-state index in [4.69, 9.17) is 4.42 Å². The second-order valence-electron chi connectivity index (χ2n) is 5.15. The molecule has 3 rings (SSSR count). The summed E-state index contributed by atoms with van der Waals surface area (Å²) >= 11 is 1.12. The molecule has 0 aliphatic carbocycles. The van der Waals surface area contributed by atoms with Crippen molar-refractivity contribution >= 4 is 35.0 Å². The largest absolute Gasteiger partial charge is 0.431 e. The Kier molecular flexibility index (Phi) is 5.27. The Morgan fingerprint density at radius 2 is 1.92 bits per heavy atom. The van der Waals surface area contributed by atoms with Gasteiger partial charge in [-0.25, -0.2) is 10.4 Å². The van der Waals surface area contributed by atoms with Gasteiger partial charge in [0.25, 0.3) is 11.1 Å². The van der Waals surface area contributed by atoms with Crippen LogP contribution in [0.3, 0.4) is 0 Å². The third kappa shape index (κ3) is 4.63. The van der Waals surface area contributed by atoms with Gasteiger partial charge in [-0.15, -0.1) is 0 Å². The average molecular weight is 379 g/mol. The second-order valence-corrected chi connectivity index (χ2v) is 6.08. The second kappa shape index (κ2) is 7.61. The number of amides is 1. The SMILES string of the molecule is O=C(CSc1nc2ccccc2o1)NN=Cc1ccc(C(F)(F)F)cc1. The molecule has 0 radical (unpaired) electrons. The number of nitrogens with zero attached hydrogens (tertiary/aromatic N) is 2. The molecule has 0 aliphatic heterocycles. The number of thioether (sulfide) groups is 1. The summed E-state index contributed by atoms with van der Waals surface area (Å²) in [4.78, 5) is 16.0. The van der Waals surface area contributed by atoms with Crippen LogP contribution in [0.1, 0.15) is 11.1 Å². The van der Waals surface area contributed by atoms with Gasteiger partial charge in [-0.2, -0.15) is 18.3 Å². The van der Waals surface area contributed by atoms with Crippen LogP contribution in [0.5, 0.6) is 0 Å². The maximum Gasteiger partial charge on any atom is 0.416 e. The van der Waals surface area contributed by atoms with Crippen LogP contribution in [-0.2, 0) is 11.0 Å². The van der Waals surface area contributed by atoms with Crippen molar-refractivity contribution in [3.63, 3.8) is 0 Å². The molecule has 0 spiro atoms. The predicted molar refractivity (Wildman–Crippen MR) is 91.9 cm³/mol. The van der Waals surface area contributed by atoms with E-state index in [2.05, 4.69) is 15.5 Å². The van der Waals surface area contributed by atoms with Crippen molar-refractivity contribution in [1.29, 1.82) is 0 Å². The van der Waals surface area contributed by atoms with E-state index in [1.165, 1.54) is 18.3 Å². The van der Waals surface area contributed by atoms with E-state index in [0.29, 0.717) is 21.9 Å². The number of alkyl halides is 3. The van der Waals surface area contributed by atoms with Crippen molar-refractivity contribution in [2.24, 2.45) is 5.10 Å². The van der Waals surface area contributed by atoms with Gasteiger partial charge in [0.05, 0.1) is 17.5 Å². The van der Waals surface area contributed by atoms with Crippen LogP contribution in [0.2, 0.25) is 0 Å². The first-order valence-corrected chi connectivity index (χ1v) is 8.38. The van der Waals surface area contributed by atoms with Crippen LogP contribution in [0, 0.1) is 0 Å². The zero-order valence-corrected chi connectivity index (χ0v) is 14.0. The number of para-hydroxylation sites is 2. The van der Waals surface area contributed by atoms with Crippen molar-refractivity contribution in [2.75, 3.05) is 5.75 Å². The van der Waals surface area contributed by atoms with E-state index in [1.807, 2.05) is 12.1 Å². The highest BCUT2D eigenvalue weighted by atomic mass is 32.2. The number of benzene rings is 2. The Hall–Kier alpha value is -2.81. The van der Waals surface area contributed by atoms with Gasteiger partial charge in [0.2, 0.25) is 0 Å². The van der Waals surface area contributed by atoms with Crippen LogP contribution < -0.4 is 5.43 Å². The van der Waals surface area contributed by atoms with E-state index in [1.54, 1.807) is 12.1 Å². The molecular formula is C17H12F3N3O2S. The van der Waals surface area contributed by atoms with Gasteiger partial charge in [0, 0.05) is 0 Å². The van der Waals surface area contributed by atoms with Crippen molar-refractivity contribution in [3.8, 4) is 0 Å². The molecule has 26 heavy (non-hydrogen) atoms. The summed E-state index contributed by atoms with van der Waals surface area (Å²) in [6.07, 6.45) is -3.12. The number of carbonyl (C=O) groups excluding carboxylic acids is 1. The Morgan fingerprint density at radius 1 is 1.19 bits per heavy atom. The zero-order chi connectivity index (χ0) is 18.6. The lowest BCUT2D eigenvalue weighted by atomic mass is 10.1. The molecule has 0 unspecified atom stereocenters. The molecule has 0 atom stereocenters. The molecule has 0 bridgehead atoms. The number of carbonyl (C=O) groups is 1. The molecule has 5 nitrogen and oxygen atoms in total. The van der Waals surface area contributed by atoms with Gasteiger partial charge in [-0.3, -0.25) is 4.79 Å². The van der Waals surface area contributed by atoms with E-state index >= 15 is 0 Å². The number of rotatable bonds is 5. The monoisotopic (exact) mass is 379 g/mol. The summed E-state index contributed by atoms with van der Waals surface area (Å²) in [5.74, 6) is -0.350. The minimum absolute atomic E-state index is 0.0389. The number of hydrazone groups is 1. The fourth-order valence-corrected chi connectivity index (χ4v) is 2.64. The predicted octanol–water partition coefficient (Wildman–Crippen LogP) is 4.09. The molecule has 1 heterocycles. The third-order valence-electron chi connectivity index (χ3n) is 3.24. The number of halogens is 3. The highest BCUT2D eigenvalue weighted by molar-refractivity contribution is 7.99. The van der Waals surface area contributed by atoms with E-state index in [9.17, 15) is 18.0 Å². The van der Waals surface area contributed by atoms with Gasteiger partial charge in [-0.1, -0.05) is 36.0 Å². The molecule has 0 aliphatic rings. The molecule has 3 aromatic rings. The number of nitrogens with one attached hydrogen (secondary N) is 1. The number of fused-ring (bicyclic) bond motifs is 1. The first-order valence-electron chi connectivity index (χ1n) is 7.39. The summed E-state index contributed by atoms with van der Waals surface area (Å²) in [6.45, 7) is 0. The van der Waals surface area contributed by atoms with Gasteiger partial charge in [-0.05, 0) is 29.8 Å². The fourth-order valence-electron chi connectivity index (χ4n) is 2.01. The highest BCUT2D eigenvalue weighted by Gasteiger charge is 2.29. The smallest absolute Gasteiger partial charge is 0.416 e. The van der Waals surface area contributed by atoms with Crippen molar-refractivity contribution in [3.05, 3.63) is 59.7 Å². The standard InChI is InChI=1S/C17H12F3N3O2S/c18-17(19,20)12-7-5-11(6-8-12)9-21-23-15(24)10-26-16-22-13-3-1-2-4-14(13)25-16/h1-9H,10H2,(H,23,24). The highest BCUT2D eigenvalue weighted by Crippen LogP contribution is 2.28. The van der Waals surface area contributed by atoms with Gasteiger partial charge in [0.1, 0.15) is 5.52 Å². The molecule has 134 valence electrons. The molecule has 2 aromatic carbocycles. The molecule has 0 saturated heterocycles. The van der Waals surface area contributed by atoms with Crippen LogP contribution in [0.15, 0.2) is 63.3 Å². The summed E-state index contributed by atoms with van der Waals surface area (Å²) in [5, 5.41) is 4.09. The molecular weight excluding hydrogens is 367 g/mol. The maximum atomic E-state index is 12.5. The van der Waals surface area contributed by atoms with Crippen molar-refractivity contribution < 1.29 is 22.4 Å². The lowest BCUT2D eigenvalue weighted by Crippen LogP contribution is -2.19.